The van der Waals surface area contributed by atoms with Crippen molar-refractivity contribution < 1.29 is 93.8 Å². The van der Waals surface area contributed by atoms with Crippen LogP contribution in [0.5, 0.6) is 0 Å². The molecule has 0 aliphatic carbocycles. The molecule has 23 heteroatoms. The fraction of sp³-hybridized carbons (Fsp3) is 0.522. The van der Waals surface area contributed by atoms with Gasteiger partial charge in [0.1, 0.15) is 6.54 Å². The summed E-state index contributed by atoms with van der Waals surface area (Å²) in [5, 5.41) is 0. The van der Waals surface area contributed by atoms with Crippen LogP contribution in [-0.2, 0) is 14.3 Å². The van der Waals surface area contributed by atoms with Crippen LogP contribution in [0.1, 0.15) is 16.8 Å². The molecule has 1 amide bonds. The van der Waals surface area contributed by atoms with E-state index in [1.807, 2.05) is 5.92 Å². The minimum atomic E-state index is -8.76. The minimum absolute atomic E-state index is 0.148. The van der Waals surface area contributed by atoms with Gasteiger partial charge in [0.15, 0.2) is 0 Å². The van der Waals surface area contributed by atoms with Crippen LogP contribution in [0.4, 0.5) is 80.3 Å². The Balaban J connectivity index is 3.19. The second-order valence-electron chi connectivity index (χ2n) is 8.74. The number of isocyanates is 1. The highest BCUT2D eigenvalue weighted by Crippen LogP contribution is 2.64. The lowest BCUT2D eigenvalue weighted by Gasteiger charge is -2.42. The number of hydrogen-bond donors (Lipinski definition) is 0. The van der Waals surface area contributed by atoms with E-state index in [1.165, 1.54) is 6.07 Å². The number of terminal acetylenes is 1. The van der Waals surface area contributed by atoms with Crippen molar-refractivity contribution in [3.05, 3.63) is 29.8 Å². The van der Waals surface area contributed by atoms with Gasteiger partial charge in [-0.25, -0.2) is 4.79 Å². The molecule has 0 heterocycles. The van der Waals surface area contributed by atoms with Crippen LogP contribution in [0.2, 0.25) is 0 Å². The number of halogens is 17. The van der Waals surface area contributed by atoms with Crippen LogP contribution in [-0.4, -0.2) is 90.2 Å². The monoisotopic (exact) mass is 704 g/mol. The largest absolute Gasteiger partial charge is 0.464 e. The number of carbonyl (C=O) groups excluding carboxylic acids is 3. The lowest BCUT2D eigenvalue weighted by molar-refractivity contribution is -0.461. The second kappa shape index (κ2) is 13.0. The zero-order valence-electron chi connectivity index (χ0n) is 21.7. The maximum Gasteiger partial charge on any atom is 0.460 e. The van der Waals surface area contributed by atoms with Gasteiger partial charge in [-0.05, 0) is 18.2 Å². The molecule has 258 valence electrons. The van der Waals surface area contributed by atoms with Gasteiger partial charge in [-0.15, -0.1) is 6.42 Å². The molecule has 0 saturated heterocycles. The third-order valence-corrected chi connectivity index (χ3v) is 5.62. The highest BCUT2D eigenvalue weighted by molar-refractivity contribution is 5.96. The Hall–Kier alpha value is -4.09. The predicted molar refractivity (Wildman–Crippen MR) is 115 cm³/mol. The van der Waals surface area contributed by atoms with Crippen LogP contribution in [0.3, 0.4) is 0 Å². The number of aliphatic imine (C=N–C) groups is 1. The van der Waals surface area contributed by atoms with Crippen molar-refractivity contribution in [2.75, 3.05) is 19.7 Å². The molecule has 0 atom stereocenters. The molecule has 0 aliphatic heterocycles. The fourth-order valence-electron chi connectivity index (χ4n) is 3.10. The lowest BCUT2D eigenvalue weighted by atomic mass is 9.88. The molecule has 0 saturated carbocycles. The van der Waals surface area contributed by atoms with Gasteiger partial charge in [0.25, 0.3) is 5.91 Å². The number of nitrogens with zero attached hydrogens (tertiary/aromatic N) is 2. The minimum Gasteiger partial charge on any atom is -0.464 e. The zero-order valence-corrected chi connectivity index (χ0v) is 21.7. The fourth-order valence-corrected chi connectivity index (χ4v) is 3.10. The third kappa shape index (κ3) is 6.85. The Bertz CT molecular complexity index is 1380. The quantitative estimate of drug-likeness (QED) is 0.0713. The molecule has 1 aromatic carbocycles. The smallest absolute Gasteiger partial charge is 0.460 e. The predicted octanol–water partition coefficient (Wildman–Crippen LogP) is 6.67. The van der Waals surface area contributed by atoms with E-state index in [9.17, 15) is 89.0 Å². The van der Waals surface area contributed by atoms with E-state index in [2.05, 4.69) is 9.73 Å². The van der Waals surface area contributed by atoms with Crippen LogP contribution >= 0.6 is 0 Å². The van der Waals surface area contributed by atoms with Gasteiger partial charge < -0.3 is 9.64 Å². The van der Waals surface area contributed by atoms with E-state index in [0.29, 0.717) is 4.90 Å². The number of alkyl halides is 17. The number of ether oxygens (including phenoxy) is 1. The van der Waals surface area contributed by atoms with Crippen molar-refractivity contribution in [3.8, 4) is 12.3 Å². The van der Waals surface area contributed by atoms with Gasteiger partial charge in [-0.3, -0.25) is 9.59 Å². The molecule has 1 rings (SSSR count). The zero-order chi connectivity index (χ0) is 36.4. The van der Waals surface area contributed by atoms with Crippen LogP contribution in [0.15, 0.2) is 29.3 Å². The summed E-state index contributed by atoms with van der Waals surface area (Å²) in [5.74, 6) is -58.7. The number of hydrogen-bond acceptors (Lipinski definition) is 5. The third-order valence-electron chi connectivity index (χ3n) is 5.62. The van der Waals surface area contributed by atoms with E-state index in [1.54, 1.807) is 0 Å². The molecule has 0 radical (unpaired) electrons. The first-order valence-corrected chi connectivity index (χ1v) is 11.3. The van der Waals surface area contributed by atoms with E-state index in [-0.39, 0.29) is 11.3 Å². The second-order valence-corrected chi connectivity index (χ2v) is 8.74. The topological polar surface area (TPSA) is 76.0 Å². The number of rotatable bonds is 14. The Morgan fingerprint density at radius 2 is 1.24 bits per heavy atom. The maximum atomic E-state index is 14.0. The molecule has 0 bridgehead atoms. The first kappa shape index (κ1) is 39.9. The van der Waals surface area contributed by atoms with Crippen LogP contribution in [0, 0.1) is 12.3 Å². The number of benzene rings is 1. The molecule has 0 aliphatic rings. The Kier molecular flexibility index (Phi) is 11.3. The summed E-state index contributed by atoms with van der Waals surface area (Å²) >= 11 is 0. The maximum absolute atomic E-state index is 14.0. The molecule has 0 aromatic heterocycles. The standard InChI is InChI=1S/C23H13F17N2O4/c1-2-7-42(15(45)12-4-3-5-13(9-12)41-11-43)10-14(44)46-8-6-16(24,25)17(26,27)18(28,29)19(30,31)20(32,33)21(34,35)22(36,37)23(38,39)40/h1,3-5,9H,6-8,10H2. The van der Waals surface area contributed by atoms with Crippen LogP contribution in [0.25, 0.3) is 0 Å². The SMILES string of the molecule is C#CCN(CC(=O)OCCC(F)(F)C(F)(F)C(F)(F)C(F)(F)C(F)(F)C(F)(F)C(F)(F)C(F)(F)F)C(=O)c1cccc(N=C=O)c1. The Morgan fingerprint density at radius 1 is 0.761 bits per heavy atom. The molecule has 1 aromatic rings. The molecule has 0 spiro atoms. The summed E-state index contributed by atoms with van der Waals surface area (Å²) in [6.07, 6.45) is -4.74. The summed E-state index contributed by atoms with van der Waals surface area (Å²) in [5.41, 5.74) is -0.477. The molecule has 0 unspecified atom stereocenters. The number of carbonyl (C=O) groups is 2. The molecule has 46 heavy (non-hydrogen) atoms. The Morgan fingerprint density at radius 3 is 1.70 bits per heavy atom. The number of amides is 1. The highest BCUT2D eigenvalue weighted by atomic mass is 19.4. The van der Waals surface area contributed by atoms with Gasteiger partial charge >= 0.3 is 53.6 Å². The van der Waals surface area contributed by atoms with Crippen molar-refractivity contribution in [2.45, 2.75) is 54.1 Å². The van der Waals surface area contributed by atoms with Crippen molar-refractivity contribution in [3.63, 3.8) is 0 Å². The molecular weight excluding hydrogens is 691 g/mol. The number of esters is 1. The van der Waals surface area contributed by atoms with E-state index >= 15 is 0 Å². The summed E-state index contributed by atoms with van der Waals surface area (Å²) in [6, 6.07) is 4.38. The lowest BCUT2D eigenvalue weighted by Crippen LogP contribution is -2.74. The van der Waals surface area contributed by atoms with Gasteiger partial charge in [-0.2, -0.15) is 79.6 Å². The van der Waals surface area contributed by atoms with Gasteiger partial charge in [0.2, 0.25) is 6.08 Å². The van der Waals surface area contributed by atoms with Gasteiger partial charge in [-0.1, -0.05) is 12.0 Å². The average molecular weight is 704 g/mol. The van der Waals surface area contributed by atoms with Crippen molar-refractivity contribution in [2.24, 2.45) is 4.99 Å². The summed E-state index contributed by atoms with van der Waals surface area (Å²) in [4.78, 5) is 38.4. The summed E-state index contributed by atoms with van der Waals surface area (Å²) < 4.78 is 231. The molecule has 0 fully saturated rings. The first-order valence-electron chi connectivity index (χ1n) is 11.3. The molecule has 6 nitrogen and oxygen atoms in total. The first-order chi connectivity index (χ1) is 20.5. The molecular formula is C23H13F17N2O4. The molecule has 0 N–H and O–H groups in total. The van der Waals surface area contributed by atoms with Crippen molar-refractivity contribution in [1.82, 2.24) is 4.90 Å². The van der Waals surface area contributed by atoms with Gasteiger partial charge in [0, 0.05) is 5.56 Å². The van der Waals surface area contributed by atoms with Gasteiger partial charge in [0.05, 0.1) is 25.3 Å². The highest BCUT2D eigenvalue weighted by Gasteiger charge is 2.95. The van der Waals surface area contributed by atoms with E-state index < -0.39 is 85.6 Å². The summed E-state index contributed by atoms with van der Waals surface area (Å²) in [6.45, 7) is -4.28. The summed E-state index contributed by atoms with van der Waals surface area (Å²) in [7, 11) is 0. The van der Waals surface area contributed by atoms with Crippen molar-refractivity contribution in [1.29, 1.82) is 0 Å². The van der Waals surface area contributed by atoms with E-state index in [0.717, 1.165) is 24.3 Å². The van der Waals surface area contributed by atoms with E-state index in [4.69, 9.17) is 6.42 Å². The van der Waals surface area contributed by atoms with Crippen LogP contribution < -0.4 is 0 Å². The normalized spacial score (nSPS) is 13.8. The Labute approximate surface area is 244 Å². The van der Waals surface area contributed by atoms with Crippen molar-refractivity contribution >= 4 is 23.6 Å². The average Bonchev–Trinajstić information content (AvgIpc) is 2.91.